The Hall–Kier alpha value is -3.02. The van der Waals surface area contributed by atoms with E-state index in [1.807, 2.05) is 31.2 Å². The highest BCUT2D eigenvalue weighted by Crippen LogP contribution is 2.21. The van der Waals surface area contributed by atoms with Crippen LogP contribution >= 0.6 is 0 Å². The van der Waals surface area contributed by atoms with Crippen LogP contribution in [0.25, 0.3) is 0 Å². The maximum absolute atomic E-state index is 12.7. The number of esters is 1. The van der Waals surface area contributed by atoms with E-state index in [4.69, 9.17) is 4.74 Å². The molecule has 124 valence electrons. The molecule has 0 fully saturated rings. The van der Waals surface area contributed by atoms with Gasteiger partial charge < -0.3 is 4.74 Å². The highest BCUT2D eigenvalue weighted by molar-refractivity contribution is 6.12. The van der Waals surface area contributed by atoms with Gasteiger partial charge in [0.1, 0.15) is 0 Å². The number of hydrogen-bond acceptors (Lipinski definition) is 5. The Labute approximate surface area is 140 Å². The van der Waals surface area contributed by atoms with Gasteiger partial charge in [-0.05, 0) is 26.0 Å². The van der Waals surface area contributed by atoms with Gasteiger partial charge in [0, 0.05) is 11.1 Å². The van der Waals surface area contributed by atoms with Gasteiger partial charge >= 0.3 is 5.97 Å². The molecule has 0 radical (unpaired) electrons. The molecule has 0 aromatic heterocycles. The fourth-order valence-electron chi connectivity index (χ4n) is 2.08. The molecule has 6 nitrogen and oxygen atoms in total. The second-order valence-corrected chi connectivity index (χ2v) is 5.06. The molecule has 0 bridgehead atoms. The third-order valence-corrected chi connectivity index (χ3v) is 3.20. The van der Waals surface area contributed by atoms with Crippen LogP contribution in [0.3, 0.4) is 0 Å². The monoisotopic (exact) mass is 325 g/mol. The molecule has 0 aliphatic rings. The molecule has 0 unspecified atom stereocenters. The summed E-state index contributed by atoms with van der Waals surface area (Å²) in [7, 11) is 0. The second-order valence-electron chi connectivity index (χ2n) is 5.06. The molecule has 0 aliphatic heterocycles. The zero-order chi connectivity index (χ0) is 17.4. The highest BCUT2D eigenvalue weighted by Gasteiger charge is 2.13. The molecular weight excluding hydrogens is 306 g/mol. The van der Waals surface area contributed by atoms with E-state index in [1.165, 1.54) is 0 Å². The van der Waals surface area contributed by atoms with Gasteiger partial charge in [-0.3, -0.25) is 10.2 Å². The topological polar surface area (TPSA) is 80.1 Å². The first-order valence-corrected chi connectivity index (χ1v) is 7.60. The van der Waals surface area contributed by atoms with Crippen molar-refractivity contribution in [2.75, 3.05) is 18.6 Å². The summed E-state index contributed by atoms with van der Waals surface area (Å²) in [6.45, 7) is 3.76. The Morgan fingerprint density at radius 2 is 1.88 bits per heavy atom. The molecule has 1 N–H and O–H groups in total. The highest BCUT2D eigenvalue weighted by atomic mass is 16.5. The Kier molecular flexibility index (Phi) is 6.19. The lowest BCUT2D eigenvalue weighted by atomic mass is 10.00. The second kappa shape index (κ2) is 8.57. The van der Waals surface area contributed by atoms with Crippen molar-refractivity contribution in [1.29, 1.82) is 0 Å². The van der Waals surface area contributed by atoms with Crippen molar-refractivity contribution in [3.63, 3.8) is 0 Å². The Balaban J connectivity index is 2.15. The Morgan fingerprint density at radius 1 is 1.12 bits per heavy atom. The van der Waals surface area contributed by atoms with Gasteiger partial charge in [0.25, 0.3) is 0 Å². The van der Waals surface area contributed by atoms with Gasteiger partial charge in [0.05, 0.1) is 12.3 Å². The van der Waals surface area contributed by atoms with Crippen LogP contribution in [0, 0.1) is 6.92 Å². The zero-order valence-corrected chi connectivity index (χ0v) is 13.7. The van der Waals surface area contributed by atoms with Crippen LogP contribution in [0.1, 0.15) is 28.4 Å². The SMILES string of the molecule is CCOC(=O)CN=NNc1ccc(C)cc1C(=O)c1ccccc1. The van der Waals surface area contributed by atoms with E-state index in [0.29, 0.717) is 23.4 Å². The van der Waals surface area contributed by atoms with Gasteiger partial charge in [0.2, 0.25) is 0 Å². The lowest BCUT2D eigenvalue weighted by Gasteiger charge is -2.09. The third kappa shape index (κ3) is 4.74. The van der Waals surface area contributed by atoms with Gasteiger partial charge in [-0.2, -0.15) is 5.11 Å². The summed E-state index contributed by atoms with van der Waals surface area (Å²) >= 11 is 0. The van der Waals surface area contributed by atoms with Gasteiger partial charge in [0.15, 0.2) is 12.3 Å². The molecule has 2 aromatic rings. The number of carbonyl (C=O) groups is 2. The summed E-state index contributed by atoms with van der Waals surface area (Å²) in [6.07, 6.45) is 0. The van der Waals surface area contributed by atoms with Gasteiger partial charge in [-0.25, -0.2) is 4.79 Å². The van der Waals surface area contributed by atoms with Crippen LogP contribution in [0.15, 0.2) is 58.9 Å². The number of hydrogen-bond donors (Lipinski definition) is 1. The fourth-order valence-corrected chi connectivity index (χ4v) is 2.08. The molecule has 0 saturated carbocycles. The average Bonchev–Trinajstić information content (AvgIpc) is 2.60. The molecule has 2 rings (SSSR count). The third-order valence-electron chi connectivity index (χ3n) is 3.20. The number of aryl methyl sites for hydroxylation is 1. The predicted octanol–water partition coefficient (Wildman–Crippen LogP) is 3.57. The molecule has 0 aliphatic carbocycles. The quantitative estimate of drug-likeness (QED) is 0.365. The number of nitrogens with zero attached hydrogens (tertiary/aromatic N) is 2. The zero-order valence-electron chi connectivity index (χ0n) is 13.7. The number of carbonyl (C=O) groups excluding carboxylic acids is 2. The maximum Gasteiger partial charge on any atom is 0.329 e. The van der Waals surface area contributed by atoms with Gasteiger partial charge in [-0.1, -0.05) is 47.2 Å². The minimum absolute atomic E-state index is 0.109. The Bertz CT molecular complexity index is 742. The predicted molar refractivity (Wildman–Crippen MR) is 91.0 cm³/mol. The van der Waals surface area contributed by atoms with E-state index >= 15 is 0 Å². The van der Waals surface area contributed by atoms with Crippen molar-refractivity contribution in [3.8, 4) is 0 Å². The fraction of sp³-hybridized carbons (Fsp3) is 0.222. The van der Waals surface area contributed by atoms with Gasteiger partial charge in [-0.15, -0.1) is 0 Å². The molecule has 0 atom stereocenters. The Morgan fingerprint density at radius 3 is 2.58 bits per heavy atom. The van der Waals surface area contributed by atoms with E-state index in [-0.39, 0.29) is 12.3 Å². The number of nitrogens with one attached hydrogen (secondary N) is 1. The molecule has 0 spiro atoms. The first-order chi connectivity index (χ1) is 11.6. The average molecular weight is 325 g/mol. The van der Waals surface area contributed by atoms with E-state index in [1.54, 1.807) is 31.2 Å². The first kappa shape index (κ1) is 17.3. The number of ether oxygens (including phenoxy) is 1. The largest absolute Gasteiger partial charge is 0.465 e. The molecular formula is C18H19N3O3. The van der Waals surface area contributed by atoms with Crippen LogP contribution in [0.4, 0.5) is 5.69 Å². The molecule has 24 heavy (non-hydrogen) atoms. The minimum Gasteiger partial charge on any atom is -0.465 e. The first-order valence-electron chi connectivity index (χ1n) is 7.60. The number of anilines is 1. The summed E-state index contributed by atoms with van der Waals surface area (Å²) in [5.41, 5.74) is 5.30. The van der Waals surface area contributed by atoms with E-state index in [0.717, 1.165) is 5.56 Å². The molecule has 0 heterocycles. The van der Waals surface area contributed by atoms with Crippen molar-refractivity contribution in [2.24, 2.45) is 10.3 Å². The van der Waals surface area contributed by atoms with Crippen LogP contribution in [-0.2, 0) is 9.53 Å². The molecule has 6 heteroatoms. The van der Waals surface area contributed by atoms with Crippen molar-refractivity contribution < 1.29 is 14.3 Å². The van der Waals surface area contributed by atoms with Crippen LogP contribution in [0.2, 0.25) is 0 Å². The van der Waals surface area contributed by atoms with Crippen molar-refractivity contribution in [2.45, 2.75) is 13.8 Å². The van der Waals surface area contributed by atoms with Crippen molar-refractivity contribution >= 4 is 17.4 Å². The van der Waals surface area contributed by atoms with Crippen molar-refractivity contribution in [1.82, 2.24) is 0 Å². The van der Waals surface area contributed by atoms with E-state index in [2.05, 4.69) is 15.8 Å². The standard InChI is InChI=1S/C18H19N3O3/c1-3-24-17(22)12-19-21-20-16-10-9-13(2)11-15(16)18(23)14-7-5-4-6-8-14/h4-11H,3,12H2,1-2H3,(H,19,20). The summed E-state index contributed by atoms with van der Waals surface area (Å²) in [6, 6.07) is 14.4. The smallest absolute Gasteiger partial charge is 0.329 e. The van der Waals surface area contributed by atoms with Crippen LogP contribution < -0.4 is 5.43 Å². The number of ketones is 1. The number of benzene rings is 2. The lowest BCUT2D eigenvalue weighted by molar-refractivity contribution is -0.141. The summed E-state index contributed by atoms with van der Waals surface area (Å²) in [5, 5.41) is 7.46. The summed E-state index contributed by atoms with van der Waals surface area (Å²) < 4.78 is 4.76. The lowest BCUT2D eigenvalue weighted by Crippen LogP contribution is -2.08. The van der Waals surface area contributed by atoms with Crippen molar-refractivity contribution in [3.05, 3.63) is 65.2 Å². The maximum atomic E-state index is 12.7. The number of rotatable bonds is 7. The summed E-state index contributed by atoms with van der Waals surface area (Å²) in [5.74, 6) is -0.560. The van der Waals surface area contributed by atoms with Crippen LogP contribution in [0.5, 0.6) is 0 Å². The summed E-state index contributed by atoms with van der Waals surface area (Å²) in [4.78, 5) is 23.9. The van der Waals surface area contributed by atoms with E-state index < -0.39 is 5.97 Å². The molecule has 2 aromatic carbocycles. The minimum atomic E-state index is -0.451. The van der Waals surface area contributed by atoms with E-state index in [9.17, 15) is 9.59 Å². The van der Waals surface area contributed by atoms with Crippen LogP contribution in [-0.4, -0.2) is 24.9 Å². The normalized spacial score (nSPS) is 10.6. The molecule has 0 amide bonds. The molecule has 0 saturated heterocycles.